The molecule has 642 valence electrons. The van der Waals surface area contributed by atoms with Gasteiger partial charge in [-0.25, -0.2) is 29.9 Å². The van der Waals surface area contributed by atoms with Crippen molar-refractivity contribution in [1.82, 2.24) is 74.6 Å². The molecule has 0 saturated carbocycles. The number of thiazole rings is 2. The van der Waals surface area contributed by atoms with Crippen molar-refractivity contribution in [2.75, 3.05) is 0 Å². The van der Waals surface area contributed by atoms with Crippen LogP contribution in [0.4, 0.5) is 0 Å². The molecule has 0 radical (unpaired) electrons. The van der Waals surface area contributed by atoms with Crippen LogP contribution < -0.4 is 0 Å². The number of imidazole rings is 1. The van der Waals surface area contributed by atoms with Gasteiger partial charge >= 0.3 is 0 Å². The molecule has 11 rings (SSSR count). The molecular formula is C91H167N15O2S4. The number of aryl methyl sites for hydroxylation is 1. The van der Waals surface area contributed by atoms with Crippen LogP contribution in [-0.4, -0.2) is 74.6 Å². The van der Waals surface area contributed by atoms with Crippen molar-refractivity contribution in [3.05, 3.63) is 218 Å². The Morgan fingerprint density at radius 3 is 1.06 bits per heavy atom. The summed E-state index contributed by atoms with van der Waals surface area (Å²) in [6.07, 6.45) is 28.4. The van der Waals surface area contributed by atoms with Crippen LogP contribution in [0.1, 0.15) is 411 Å². The highest BCUT2D eigenvalue weighted by atomic mass is 32.1. The van der Waals surface area contributed by atoms with Gasteiger partial charge in [-0.1, -0.05) is 274 Å². The van der Waals surface area contributed by atoms with Gasteiger partial charge in [0.2, 0.25) is 0 Å². The Balaban J connectivity index is -0.000000125. The lowest BCUT2D eigenvalue weighted by atomic mass is 10.1. The van der Waals surface area contributed by atoms with Gasteiger partial charge in [0.15, 0.2) is 5.89 Å². The number of thiophene rings is 1. The van der Waals surface area contributed by atoms with Crippen molar-refractivity contribution in [3.63, 3.8) is 0 Å². The lowest BCUT2D eigenvalue weighted by Gasteiger charge is -2.02. The monoisotopic (exact) mass is 1630 g/mol. The van der Waals surface area contributed by atoms with E-state index in [-0.39, 0.29) is 0 Å². The van der Waals surface area contributed by atoms with Crippen molar-refractivity contribution < 1.29 is 8.94 Å². The van der Waals surface area contributed by atoms with E-state index in [1.807, 2.05) is 248 Å². The minimum atomic E-state index is 0.407. The van der Waals surface area contributed by atoms with E-state index in [0.717, 1.165) is 38.8 Å². The quantitative estimate of drug-likeness (QED) is 0.118. The normalized spacial score (nSPS) is 9.02. The maximum Gasteiger partial charge on any atom is 0.196 e. The molecule has 0 amide bonds. The average molecular weight is 1630 g/mol. The molecular weight excluding hydrogens is 1460 g/mol. The van der Waals surface area contributed by atoms with Crippen LogP contribution in [0, 0.1) is 6.92 Å². The van der Waals surface area contributed by atoms with Gasteiger partial charge in [-0.2, -0.15) is 16.4 Å². The smallest absolute Gasteiger partial charge is 0.196 e. The number of hydrogen-bond acceptors (Lipinski definition) is 19. The second-order valence-corrected chi connectivity index (χ2v) is 27.7. The first-order valence-electron chi connectivity index (χ1n) is 41.6. The van der Waals surface area contributed by atoms with Crippen LogP contribution >= 0.6 is 45.3 Å². The van der Waals surface area contributed by atoms with E-state index in [1.54, 1.807) is 107 Å². The summed E-state index contributed by atoms with van der Waals surface area (Å²) in [6.45, 7) is 88.6. The highest BCUT2D eigenvalue weighted by Gasteiger charge is 2.05. The van der Waals surface area contributed by atoms with Crippen LogP contribution in [0.25, 0.3) is 0 Å². The van der Waals surface area contributed by atoms with Gasteiger partial charge in [0.05, 0.1) is 33.9 Å². The predicted octanol–water partition coefficient (Wildman–Crippen LogP) is 31.6. The van der Waals surface area contributed by atoms with Gasteiger partial charge in [-0.15, -0.1) is 44.2 Å². The molecule has 0 aliphatic heterocycles. The van der Waals surface area contributed by atoms with Crippen LogP contribution in [0.5, 0.6) is 0 Å². The fourth-order valence-corrected chi connectivity index (χ4v) is 9.16. The third-order valence-electron chi connectivity index (χ3n) is 11.9. The van der Waals surface area contributed by atoms with Gasteiger partial charge in [-0.05, 0) is 105 Å². The number of hydrogen-bond donors (Lipinski definition) is 0. The summed E-state index contributed by atoms with van der Waals surface area (Å²) >= 11 is 6.88. The molecule has 0 saturated heterocycles. The number of oxazole rings is 1. The zero-order chi connectivity index (χ0) is 88.8. The zero-order valence-corrected chi connectivity index (χ0v) is 82.4. The van der Waals surface area contributed by atoms with E-state index in [0.29, 0.717) is 65.3 Å². The highest BCUT2D eigenvalue weighted by molar-refractivity contribution is 7.11. The summed E-state index contributed by atoms with van der Waals surface area (Å²) in [7, 11) is 0. The molecule has 11 aromatic rings. The summed E-state index contributed by atoms with van der Waals surface area (Å²) in [5.41, 5.74) is 4.69. The predicted molar refractivity (Wildman–Crippen MR) is 500 cm³/mol. The Bertz CT molecular complexity index is 2770. The summed E-state index contributed by atoms with van der Waals surface area (Å²) in [4.78, 5) is 36.5. The Labute approximate surface area is 705 Å². The molecule has 0 spiro atoms. The number of aromatic nitrogens is 15. The third-order valence-corrected chi connectivity index (χ3v) is 15.9. The molecule has 0 aliphatic rings. The van der Waals surface area contributed by atoms with Gasteiger partial charge in [0.25, 0.3) is 0 Å². The SMILES string of the molecule is CC.CC.CC.CC.CC.CC.CC.CC.CC.CC.CC(C)c1ccccn1.CC(C)c1ccon1.CC(C)c1ccsc1.CC(C)c1cnccn1.CC(C)c1ncccn1.CC(C)c1ncco1.CC(C)c1nccs1.CC(C)c1nccs1.CC(C)n1cccn1.CC(C)n1ccnc1.Cc1nnc(C(C)C)s1. The van der Waals surface area contributed by atoms with Crippen molar-refractivity contribution >= 4 is 45.3 Å². The van der Waals surface area contributed by atoms with Crippen LogP contribution in [0.15, 0.2) is 172 Å². The van der Waals surface area contributed by atoms with Gasteiger partial charge in [0.1, 0.15) is 28.4 Å². The first kappa shape index (κ1) is 126. The van der Waals surface area contributed by atoms with Crippen molar-refractivity contribution in [3.8, 4) is 0 Å². The Hall–Kier alpha value is -7.33. The molecule has 0 unspecified atom stereocenters. The molecule has 11 aromatic heterocycles. The zero-order valence-electron chi connectivity index (χ0n) is 79.1. The number of rotatable bonds is 11. The van der Waals surface area contributed by atoms with E-state index in [4.69, 9.17) is 4.42 Å². The fraction of sp³-hybridized carbons (Fsp3) is 0.593. The van der Waals surface area contributed by atoms with Gasteiger partial charge < -0.3 is 13.5 Å². The average Bonchev–Trinajstić information content (AvgIpc) is 1.94. The van der Waals surface area contributed by atoms with Gasteiger partial charge in [-0.3, -0.25) is 19.6 Å². The standard InChI is InChI=1S/C8H11N.2C7H10N2.C7H10S.C6H10N2S.2C6H10N2.2C6H9NO.2C6H9NS.10C2H6/c1-7(2)8-5-3-4-6-9-8;1-6(2)7-5-8-3-4-9-7;1-6(2)7-8-4-3-5-9-7;1-6(2)7-3-4-8-5-7;1-4(2)6-8-7-5(3)9-6;1-6(2)8-4-3-7-5-8;1-6(2)8-5-3-4-7-8;1-5(2)6-7-3-4-8-6;1-5(2)6-3-4-8-7-6;2*1-5(2)6-7-3-4-8-6;10*1-2/h3-7H,1-2H3;2*3-6H,1-2H3;3-6H,1-2H3;4H,1-3H3;2*3-6H,1-2H3;4*3-5H,1-2H3;10*1-2H3. The van der Waals surface area contributed by atoms with E-state index >= 15 is 0 Å². The number of nitrogens with zero attached hydrogens (tertiary/aromatic N) is 15. The maximum absolute atomic E-state index is 4.98. The van der Waals surface area contributed by atoms with Crippen LogP contribution in [0.3, 0.4) is 0 Å². The molecule has 112 heavy (non-hydrogen) atoms. The maximum atomic E-state index is 4.98. The first-order chi connectivity index (χ1) is 53.7. The summed E-state index contributed by atoms with van der Waals surface area (Å²) in [5, 5.41) is 28.6. The van der Waals surface area contributed by atoms with E-state index in [9.17, 15) is 0 Å². The fourth-order valence-electron chi connectivity index (χ4n) is 6.32. The molecule has 0 atom stereocenters. The molecule has 0 aromatic carbocycles. The molecule has 0 aliphatic carbocycles. The second-order valence-electron chi connectivity index (χ2n) is 23.8. The van der Waals surface area contributed by atoms with Crippen LogP contribution in [0.2, 0.25) is 0 Å². The lowest BCUT2D eigenvalue weighted by molar-refractivity contribution is 0.408. The topological polar surface area (TPSA) is 204 Å². The van der Waals surface area contributed by atoms with E-state index < -0.39 is 0 Å². The van der Waals surface area contributed by atoms with Crippen molar-refractivity contribution in [1.29, 1.82) is 0 Å². The molecule has 17 nitrogen and oxygen atoms in total. The third kappa shape index (κ3) is 75.4. The van der Waals surface area contributed by atoms with E-state index in [1.165, 1.54) is 15.6 Å². The van der Waals surface area contributed by atoms with Crippen molar-refractivity contribution in [2.45, 2.75) is 363 Å². The van der Waals surface area contributed by atoms with Gasteiger partial charge in [0, 0.05) is 139 Å². The molecule has 11 heterocycles. The lowest BCUT2D eigenvalue weighted by Crippen LogP contribution is -1.99. The van der Waals surface area contributed by atoms with E-state index in [2.05, 4.69) is 230 Å². The highest BCUT2D eigenvalue weighted by Crippen LogP contribution is 2.20. The molecule has 0 bridgehead atoms. The molecule has 21 heteroatoms. The largest absolute Gasteiger partial charge is 0.449 e. The van der Waals surface area contributed by atoms with Crippen molar-refractivity contribution in [2.24, 2.45) is 0 Å². The minimum Gasteiger partial charge on any atom is -0.449 e. The Morgan fingerprint density at radius 2 is 0.857 bits per heavy atom. The summed E-state index contributed by atoms with van der Waals surface area (Å²) < 4.78 is 13.6. The second kappa shape index (κ2) is 94.3. The minimum absolute atomic E-state index is 0.407. The Kier molecular flexibility index (Phi) is 106. The number of pyridine rings is 1. The molecule has 0 fully saturated rings. The first-order valence-corrected chi connectivity index (χ1v) is 45.1. The summed E-state index contributed by atoms with van der Waals surface area (Å²) in [6, 6.07) is 14.8. The molecule has 0 N–H and O–H groups in total. The van der Waals surface area contributed by atoms with Crippen LogP contribution in [-0.2, 0) is 0 Å². The Morgan fingerprint density at radius 1 is 0.357 bits per heavy atom. The summed E-state index contributed by atoms with van der Waals surface area (Å²) in [5.74, 6) is 6.49.